The second-order valence-electron chi connectivity index (χ2n) is 2.39. The van der Waals surface area contributed by atoms with Crippen LogP contribution in [0.3, 0.4) is 0 Å². The van der Waals surface area contributed by atoms with Crippen molar-refractivity contribution in [1.29, 1.82) is 0 Å². The minimum absolute atomic E-state index is 0.468. The number of halogens is 1. The van der Waals surface area contributed by atoms with E-state index in [1.807, 2.05) is 0 Å². The van der Waals surface area contributed by atoms with Crippen LogP contribution in [-0.2, 0) is 10.1 Å². The van der Waals surface area contributed by atoms with Gasteiger partial charge in [-0.25, -0.2) is 4.39 Å². The van der Waals surface area contributed by atoms with Crippen LogP contribution in [0.1, 0.15) is 11.0 Å². The summed E-state index contributed by atoms with van der Waals surface area (Å²) in [5.74, 6) is -0.882. The summed E-state index contributed by atoms with van der Waals surface area (Å²) in [6.45, 7) is 0. The minimum atomic E-state index is -4.66. The van der Waals surface area contributed by atoms with Crippen molar-refractivity contribution in [3.63, 3.8) is 0 Å². The largest absolute Gasteiger partial charge is 0.371 e. The minimum Gasteiger partial charge on any atom is -0.371 e. The fourth-order valence-corrected chi connectivity index (χ4v) is 1.35. The number of aliphatic hydroxyl groups is 1. The third kappa shape index (κ3) is 2.24. The van der Waals surface area contributed by atoms with Crippen LogP contribution in [0.2, 0.25) is 0 Å². The van der Waals surface area contributed by atoms with Gasteiger partial charge in [0, 0.05) is 5.56 Å². The van der Waals surface area contributed by atoms with Gasteiger partial charge in [0.1, 0.15) is 5.82 Å². The second kappa shape index (κ2) is 3.41. The SMILES string of the molecule is O=S(=O)(O)C(O)c1ccccc1F. The summed E-state index contributed by atoms with van der Waals surface area (Å²) < 4.78 is 42.1. The van der Waals surface area contributed by atoms with Crippen LogP contribution in [-0.4, -0.2) is 18.1 Å². The zero-order valence-electron chi connectivity index (χ0n) is 6.38. The van der Waals surface area contributed by atoms with Gasteiger partial charge in [-0.3, -0.25) is 4.55 Å². The summed E-state index contributed by atoms with van der Waals surface area (Å²) in [4.78, 5) is 0. The maximum atomic E-state index is 12.8. The van der Waals surface area contributed by atoms with E-state index in [0.717, 1.165) is 12.1 Å². The van der Waals surface area contributed by atoms with Crippen molar-refractivity contribution in [2.45, 2.75) is 5.44 Å². The summed E-state index contributed by atoms with van der Waals surface area (Å²) in [7, 11) is -4.66. The van der Waals surface area contributed by atoms with Crippen LogP contribution in [0, 0.1) is 5.82 Å². The van der Waals surface area contributed by atoms with Gasteiger partial charge in [0.05, 0.1) is 0 Å². The van der Waals surface area contributed by atoms with E-state index in [4.69, 9.17) is 9.66 Å². The van der Waals surface area contributed by atoms with E-state index in [1.54, 1.807) is 0 Å². The molecular weight excluding hydrogens is 199 g/mol. The molecule has 1 atom stereocenters. The molecule has 0 spiro atoms. The highest BCUT2D eigenvalue weighted by Gasteiger charge is 2.24. The first kappa shape index (κ1) is 10.1. The Labute approximate surface area is 74.4 Å². The molecule has 0 aliphatic heterocycles. The number of hydrogen-bond acceptors (Lipinski definition) is 3. The predicted molar refractivity (Wildman–Crippen MR) is 42.9 cm³/mol. The molecule has 0 saturated carbocycles. The third-order valence-electron chi connectivity index (χ3n) is 1.45. The van der Waals surface area contributed by atoms with Gasteiger partial charge in [-0.2, -0.15) is 8.42 Å². The van der Waals surface area contributed by atoms with Crippen molar-refractivity contribution in [2.24, 2.45) is 0 Å². The smallest absolute Gasteiger partial charge is 0.296 e. The molecule has 1 aromatic carbocycles. The first-order valence-electron chi connectivity index (χ1n) is 3.31. The first-order valence-corrected chi connectivity index (χ1v) is 4.82. The topological polar surface area (TPSA) is 74.6 Å². The molecule has 0 aromatic heterocycles. The highest BCUT2D eigenvalue weighted by molar-refractivity contribution is 7.85. The molecule has 72 valence electrons. The Bertz CT molecular complexity index is 401. The Morgan fingerprint density at radius 3 is 2.31 bits per heavy atom. The molecular formula is C7H7FO4S. The van der Waals surface area contributed by atoms with E-state index in [-0.39, 0.29) is 0 Å². The van der Waals surface area contributed by atoms with Gasteiger partial charge in [0.15, 0.2) is 0 Å². The maximum absolute atomic E-state index is 12.8. The average Bonchev–Trinajstić information content (AvgIpc) is 2.02. The van der Waals surface area contributed by atoms with E-state index in [1.165, 1.54) is 12.1 Å². The Balaban J connectivity index is 3.17. The molecule has 1 aromatic rings. The monoisotopic (exact) mass is 206 g/mol. The van der Waals surface area contributed by atoms with Gasteiger partial charge >= 0.3 is 0 Å². The molecule has 0 radical (unpaired) electrons. The summed E-state index contributed by atoms with van der Waals surface area (Å²) in [5, 5.41) is 8.96. The molecule has 1 unspecified atom stereocenters. The highest BCUT2D eigenvalue weighted by atomic mass is 32.2. The van der Waals surface area contributed by atoms with Gasteiger partial charge < -0.3 is 5.11 Å². The lowest BCUT2D eigenvalue weighted by molar-refractivity contribution is 0.233. The molecule has 13 heavy (non-hydrogen) atoms. The quantitative estimate of drug-likeness (QED) is 0.698. The van der Waals surface area contributed by atoms with Crippen molar-refractivity contribution in [3.05, 3.63) is 35.6 Å². The zero-order valence-corrected chi connectivity index (χ0v) is 7.20. The van der Waals surface area contributed by atoms with E-state index < -0.39 is 26.9 Å². The highest BCUT2D eigenvalue weighted by Crippen LogP contribution is 2.20. The van der Waals surface area contributed by atoms with E-state index in [2.05, 4.69) is 0 Å². The summed E-state index contributed by atoms with van der Waals surface area (Å²) in [6, 6.07) is 4.76. The molecule has 1 rings (SSSR count). The predicted octanol–water partition coefficient (Wildman–Crippen LogP) is 0.704. The molecule has 4 nitrogen and oxygen atoms in total. The van der Waals surface area contributed by atoms with Crippen molar-refractivity contribution >= 4 is 10.1 Å². The van der Waals surface area contributed by atoms with Crippen molar-refractivity contribution in [1.82, 2.24) is 0 Å². The van der Waals surface area contributed by atoms with Crippen molar-refractivity contribution < 1.29 is 22.5 Å². The van der Waals surface area contributed by atoms with E-state index in [0.29, 0.717) is 0 Å². The lowest BCUT2D eigenvalue weighted by Gasteiger charge is -2.07. The van der Waals surface area contributed by atoms with Crippen LogP contribution in [0.25, 0.3) is 0 Å². The van der Waals surface area contributed by atoms with Crippen LogP contribution in [0.5, 0.6) is 0 Å². The Kier molecular flexibility index (Phi) is 2.65. The summed E-state index contributed by atoms with van der Waals surface area (Å²) in [5.41, 5.74) is -2.70. The van der Waals surface area contributed by atoms with Crippen molar-refractivity contribution in [3.8, 4) is 0 Å². The Hall–Kier alpha value is -0.980. The number of aliphatic hydroxyl groups excluding tert-OH is 1. The fraction of sp³-hybridized carbons (Fsp3) is 0.143. The molecule has 0 bridgehead atoms. The van der Waals surface area contributed by atoms with Crippen LogP contribution in [0.4, 0.5) is 4.39 Å². The average molecular weight is 206 g/mol. The van der Waals surface area contributed by atoms with Gasteiger partial charge in [-0.15, -0.1) is 0 Å². The third-order valence-corrected chi connectivity index (χ3v) is 2.27. The van der Waals surface area contributed by atoms with Gasteiger partial charge in [-0.1, -0.05) is 18.2 Å². The first-order chi connectivity index (χ1) is 5.93. The standard InChI is InChI=1S/C7H7FO4S/c8-6-4-2-1-3-5(6)7(9)13(10,11)12/h1-4,7,9H,(H,10,11,12). The normalized spacial score (nSPS) is 14.1. The van der Waals surface area contributed by atoms with Crippen LogP contribution in [0.15, 0.2) is 24.3 Å². The second-order valence-corrected chi connectivity index (χ2v) is 3.87. The molecule has 2 N–H and O–H groups in total. The van der Waals surface area contributed by atoms with Gasteiger partial charge in [0.25, 0.3) is 10.1 Å². The molecule has 0 aliphatic rings. The Morgan fingerprint density at radius 1 is 1.31 bits per heavy atom. The fourth-order valence-electron chi connectivity index (χ4n) is 0.836. The van der Waals surface area contributed by atoms with Gasteiger partial charge in [-0.05, 0) is 6.07 Å². The molecule has 0 heterocycles. The molecule has 0 saturated heterocycles. The lowest BCUT2D eigenvalue weighted by atomic mass is 10.2. The Morgan fingerprint density at radius 2 is 1.85 bits per heavy atom. The molecule has 0 fully saturated rings. The molecule has 6 heteroatoms. The summed E-state index contributed by atoms with van der Waals surface area (Å²) >= 11 is 0. The lowest BCUT2D eigenvalue weighted by Crippen LogP contribution is -2.12. The number of rotatable bonds is 2. The maximum Gasteiger partial charge on any atom is 0.296 e. The van der Waals surface area contributed by atoms with Crippen LogP contribution >= 0.6 is 0 Å². The van der Waals surface area contributed by atoms with Crippen molar-refractivity contribution in [2.75, 3.05) is 0 Å². The van der Waals surface area contributed by atoms with E-state index in [9.17, 15) is 12.8 Å². The molecule has 0 amide bonds. The van der Waals surface area contributed by atoms with Crippen LogP contribution < -0.4 is 0 Å². The zero-order chi connectivity index (χ0) is 10.1. The molecule has 0 aliphatic carbocycles. The number of benzene rings is 1. The summed E-state index contributed by atoms with van der Waals surface area (Å²) in [6.07, 6.45) is 0. The number of hydrogen-bond donors (Lipinski definition) is 2. The van der Waals surface area contributed by atoms with E-state index >= 15 is 0 Å². The van der Waals surface area contributed by atoms with Gasteiger partial charge in [0.2, 0.25) is 5.44 Å².